The van der Waals surface area contributed by atoms with Crippen LogP contribution in [0.5, 0.6) is 0 Å². The van der Waals surface area contributed by atoms with E-state index in [4.69, 9.17) is 5.11 Å². The van der Waals surface area contributed by atoms with Crippen LogP contribution in [0.15, 0.2) is 30.3 Å². The zero-order valence-corrected chi connectivity index (χ0v) is 7.90. The molecule has 0 spiro atoms. The van der Waals surface area contributed by atoms with Crippen molar-refractivity contribution < 1.29 is 9.90 Å². The van der Waals surface area contributed by atoms with Gasteiger partial charge in [0.1, 0.15) is 0 Å². The lowest BCUT2D eigenvalue weighted by Crippen LogP contribution is -2.16. The van der Waals surface area contributed by atoms with Crippen LogP contribution in [0.25, 0.3) is 0 Å². The highest BCUT2D eigenvalue weighted by molar-refractivity contribution is 5.70. The van der Waals surface area contributed by atoms with Gasteiger partial charge in [-0.05, 0) is 11.5 Å². The lowest BCUT2D eigenvalue weighted by molar-refractivity contribution is -0.141. The molecule has 70 valence electrons. The van der Waals surface area contributed by atoms with Crippen LogP contribution in [0, 0.1) is 5.92 Å². The van der Waals surface area contributed by atoms with Gasteiger partial charge in [0.05, 0.1) is 5.92 Å². The number of aliphatic carboxylic acids is 1. The number of hydrogen-bond acceptors (Lipinski definition) is 1. The van der Waals surface area contributed by atoms with Crippen molar-refractivity contribution in [3.8, 4) is 0 Å². The van der Waals surface area contributed by atoms with E-state index in [0.29, 0.717) is 0 Å². The van der Waals surface area contributed by atoms with Crippen molar-refractivity contribution in [2.45, 2.75) is 19.8 Å². The minimum Gasteiger partial charge on any atom is -0.481 e. The van der Waals surface area contributed by atoms with Gasteiger partial charge >= 0.3 is 5.97 Å². The lowest BCUT2D eigenvalue weighted by atomic mass is 9.89. The largest absolute Gasteiger partial charge is 0.481 e. The first kappa shape index (κ1) is 9.78. The van der Waals surface area contributed by atoms with Gasteiger partial charge in [0.15, 0.2) is 0 Å². The second-order valence-corrected chi connectivity index (χ2v) is 3.33. The molecule has 1 aromatic carbocycles. The van der Waals surface area contributed by atoms with E-state index in [1.807, 2.05) is 37.3 Å². The summed E-state index contributed by atoms with van der Waals surface area (Å²) in [4.78, 5) is 10.7. The minimum atomic E-state index is -0.739. The maximum Gasteiger partial charge on any atom is 0.306 e. The number of benzene rings is 1. The predicted molar refractivity (Wildman–Crippen MR) is 51.7 cm³/mol. The molecule has 0 aliphatic rings. The number of hydrogen-bond donors (Lipinski definition) is 1. The number of carboxylic acids is 1. The molecule has 13 heavy (non-hydrogen) atoms. The highest BCUT2D eigenvalue weighted by Gasteiger charge is 2.20. The van der Waals surface area contributed by atoms with E-state index < -0.39 is 5.97 Å². The highest BCUT2D eigenvalue weighted by atomic mass is 16.4. The first-order chi connectivity index (χ1) is 6.13. The maximum absolute atomic E-state index is 10.7. The molecule has 2 nitrogen and oxygen atoms in total. The van der Waals surface area contributed by atoms with Gasteiger partial charge < -0.3 is 5.11 Å². The van der Waals surface area contributed by atoms with Crippen LogP contribution in [-0.4, -0.2) is 11.1 Å². The Labute approximate surface area is 78.2 Å². The van der Waals surface area contributed by atoms with E-state index >= 15 is 0 Å². The summed E-state index contributed by atoms with van der Waals surface area (Å²) in [6.07, 6.45) is 0. The van der Waals surface area contributed by atoms with Gasteiger partial charge in [-0.15, -0.1) is 0 Å². The normalized spacial score (nSPS) is 14.9. The molecule has 0 fully saturated rings. The van der Waals surface area contributed by atoms with Crippen LogP contribution in [0.3, 0.4) is 0 Å². The Morgan fingerprint density at radius 1 is 1.23 bits per heavy atom. The third kappa shape index (κ3) is 2.31. The molecule has 0 bridgehead atoms. The zero-order valence-electron chi connectivity index (χ0n) is 7.90. The highest BCUT2D eigenvalue weighted by Crippen LogP contribution is 2.23. The van der Waals surface area contributed by atoms with Crippen LogP contribution in [0.4, 0.5) is 0 Å². The first-order valence-electron chi connectivity index (χ1n) is 4.40. The summed E-state index contributed by atoms with van der Waals surface area (Å²) in [5.41, 5.74) is 1.08. The Hall–Kier alpha value is -1.31. The van der Waals surface area contributed by atoms with Gasteiger partial charge in [-0.25, -0.2) is 0 Å². The summed E-state index contributed by atoms with van der Waals surface area (Å²) in [5, 5.41) is 8.81. The standard InChI is InChI=1S/C11H14O2/c1-8(9(2)11(12)13)10-6-4-3-5-7-10/h3-9H,1-2H3,(H,12,13)/t8-,9-/m0/s1. The van der Waals surface area contributed by atoms with Crippen molar-refractivity contribution in [1.82, 2.24) is 0 Å². The van der Waals surface area contributed by atoms with Crippen LogP contribution in [0.1, 0.15) is 25.3 Å². The van der Waals surface area contributed by atoms with Gasteiger partial charge in [-0.2, -0.15) is 0 Å². The topological polar surface area (TPSA) is 37.3 Å². The minimum absolute atomic E-state index is 0.0682. The molecule has 0 unspecified atom stereocenters. The fraction of sp³-hybridized carbons (Fsp3) is 0.364. The van der Waals surface area contributed by atoms with Crippen molar-refractivity contribution in [1.29, 1.82) is 0 Å². The van der Waals surface area contributed by atoms with E-state index in [1.54, 1.807) is 6.92 Å². The Bertz CT molecular complexity index is 279. The third-order valence-corrected chi connectivity index (χ3v) is 2.46. The monoisotopic (exact) mass is 178 g/mol. The van der Waals surface area contributed by atoms with Crippen LogP contribution in [-0.2, 0) is 4.79 Å². The van der Waals surface area contributed by atoms with E-state index in [1.165, 1.54) is 0 Å². The summed E-state index contributed by atoms with van der Waals surface area (Å²) in [7, 11) is 0. The van der Waals surface area contributed by atoms with Crippen molar-refractivity contribution in [3.63, 3.8) is 0 Å². The molecule has 0 heterocycles. The summed E-state index contributed by atoms with van der Waals surface area (Å²) in [6.45, 7) is 3.67. The molecular formula is C11H14O2. The van der Waals surface area contributed by atoms with E-state index in [0.717, 1.165) is 5.56 Å². The summed E-state index contributed by atoms with van der Waals surface area (Å²) < 4.78 is 0. The van der Waals surface area contributed by atoms with E-state index in [9.17, 15) is 4.79 Å². The van der Waals surface area contributed by atoms with Crippen LogP contribution in [0.2, 0.25) is 0 Å². The fourth-order valence-electron chi connectivity index (χ4n) is 1.26. The Balaban J connectivity index is 2.79. The molecule has 0 aliphatic heterocycles. The summed E-state index contributed by atoms with van der Waals surface area (Å²) in [5.74, 6) is -1.00. The zero-order chi connectivity index (χ0) is 9.84. The SMILES string of the molecule is C[C@H](C(=O)O)[C@H](C)c1ccccc1. The van der Waals surface area contributed by atoms with Crippen molar-refractivity contribution in [2.75, 3.05) is 0 Å². The molecule has 0 saturated carbocycles. The molecule has 1 aromatic rings. The smallest absolute Gasteiger partial charge is 0.306 e. The van der Waals surface area contributed by atoms with Gasteiger partial charge in [0.25, 0.3) is 0 Å². The quantitative estimate of drug-likeness (QED) is 0.772. The number of rotatable bonds is 3. The number of carboxylic acid groups (broad SMARTS) is 1. The van der Waals surface area contributed by atoms with Gasteiger partial charge in [0, 0.05) is 0 Å². The van der Waals surface area contributed by atoms with E-state index in [2.05, 4.69) is 0 Å². The van der Waals surface area contributed by atoms with Crippen molar-refractivity contribution in [2.24, 2.45) is 5.92 Å². The lowest BCUT2D eigenvalue weighted by Gasteiger charge is -2.15. The van der Waals surface area contributed by atoms with Crippen molar-refractivity contribution >= 4 is 5.97 Å². The molecular weight excluding hydrogens is 164 g/mol. The third-order valence-electron chi connectivity index (χ3n) is 2.46. The van der Waals surface area contributed by atoms with Crippen molar-refractivity contribution in [3.05, 3.63) is 35.9 Å². The second-order valence-electron chi connectivity index (χ2n) is 3.33. The average Bonchev–Trinajstić information content (AvgIpc) is 2.17. The second kappa shape index (κ2) is 4.08. The molecule has 0 radical (unpaired) electrons. The molecule has 2 heteroatoms. The number of carbonyl (C=O) groups is 1. The molecule has 0 aromatic heterocycles. The Morgan fingerprint density at radius 3 is 2.23 bits per heavy atom. The Morgan fingerprint density at radius 2 is 1.77 bits per heavy atom. The fourth-order valence-corrected chi connectivity index (χ4v) is 1.26. The summed E-state index contributed by atoms with van der Waals surface area (Å²) in [6, 6.07) is 9.72. The molecule has 1 rings (SSSR count). The summed E-state index contributed by atoms with van der Waals surface area (Å²) >= 11 is 0. The average molecular weight is 178 g/mol. The molecule has 0 saturated heterocycles. The van der Waals surface area contributed by atoms with Crippen LogP contribution < -0.4 is 0 Å². The maximum atomic E-state index is 10.7. The van der Waals surface area contributed by atoms with Gasteiger partial charge in [-0.3, -0.25) is 4.79 Å². The predicted octanol–water partition coefficient (Wildman–Crippen LogP) is 2.51. The van der Waals surface area contributed by atoms with Crippen LogP contribution >= 0.6 is 0 Å². The molecule has 1 N–H and O–H groups in total. The molecule has 0 amide bonds. The first-order valence-corrected chi connectivity index (χ1v) is 4.40. The molecule has 0 aliphatic carbocycles. The molecule has 2 atom stereocenters. The van der Waals surface area contributed by atoms with Gasteiger partial charge in [-0.1, -0.05) is 44.2 Å². The van der Waals surface area contributed by atoms with E-state index in [-0.39, 0.29) is 11.8 Å². The van der Waals surface area contributed by atoms with Gasteiger partial charge in [0.2, 0.25) is 0 Å². The Kier molecular flexibility index (Phi) is 3.07.